The first-order chi connectivity index (χ1) is 7.58. The fourth-order valence-corrected chi connectivity index (χ4v) is 2.83. The van der Waals surface area contributed by atoms with Crippen LogP contribution in [0.4, 0.5) is 0 Å². The summed E-state index contributed by atoms with van der Waals surface area (Å²) >= 11 is 12.0. The predicted molar refractivity (Wildman–Crippen MR) is 65.7 cm³/mol. The fourth-order valence-electron chi connectivity index (χ4n) is 2.28. The molecule has 2 unspecified atom stereocenters. The topological polar surface area (TPSA) is 43.1 Å². The van der Waals surface area contributed by atoms with Gasteiger partial charge in [0.15, 0.2) is 0 Å². The van der Waals surface area contributed by atoms with E-state index in [0.29, 0.717) is 28.3 Å². The third-order valence-electron chi connectivity index (χ3n) is 3.24. The summed E-state index contributed by atoms with van der Waals surface area (Å²) in [5, 5.41) is 1.33. The van der Waals surface area contributed by atoms with Gasteiger partial charge in [-0.25, -0.2) is 0 Å². The van der Waals surface area contributed by atoms with Gasteiger partial charge in [-0.15, -0.1) is 0 Å². The standard InChI is InChI=1S/C12H13Cl2NO/c13-8-2-4-10(11(14)6-8)9-3-1-7(9)5-12(15)16/h2,4,6-7,9H,1,3,5H2,(H2,15,16). The molecule has 1 aromatic rings. The van der Waals surface area contributed by atoms with E-state index in [1.807, 2.05) is 12.1 Å². The highest BCUT2D eigenvalue weighted by molar-refractivity contribution is 6.35. The van der Waals surface area contributed by atoms with Gasteiger partial charge in [0, 0.05) is 16.5 Å². The Labute approximate surface area is 105 Å². The van der Waals surface area contributed by atoms with E-state index in [0.717, 1.165) is 18.4 Å². The Morgan fingerprint density at radius 2 is 2.12 bits per heavy atom. The highest BCUT2D eigenvalue weighted by Gasteiger charge is 2.34. The van der Waals surface area contributed by atoms with Gasteiger partial charge < -0.3 is 5.73 Å². The van der Waals surface area contributed by atoms with E-state index in [1.165, 1.54) is 0 Å². The molecule has 1 amide bonds. The van der Waals surface area contributed by atoms with Crippen LogP contribution in [0.5, 0.6) is 0 Å². The van der Waals surface area contributed by atoms with Crippen LogP contribution in [0.15, 0.2) is 18.2 Å². The van der Waals surface area contributed by atoms with Gasteiger partial charge in [0.25, 0.3) is 0 Å². The SMILES string of the molecule is NC(=O)CC1CCC1c1ccc(Cl)cc1Cl. The number of primary amides is 1. The zero-order valence-corrected chi connectivity index (χ0v) is 10.3. The van der Waals surface area contributed by atoms with Crippen LogP contribution in [0.3, 0.4) is 0 Å². The van der Waals surface area contributed by atoms with E-state index < -0.39 is 0 Å². The number of benzene rings is 1. The van der Waals surface area contributed by atoms with Gasteiger partial charge in [-0.05, 0) is 42.4 Å². The first-order valence-electron chi connectivity index (χ1n) is 5.31. The average molecular weight is 258 g/mol. The van der Waals surface area contributed by atoms with Crippen molar-refractivity contribution in [2.45, 2.75) is 25.2 Å². The van der Waals surface area contributed by atoms with Crippen LogP contribution in [-0.2, 0) is 4.79 Å². The smallest absolute Gasteiger partial charge is 0.217 e. The molecule has 0 spiro atoms. The van der Waals surface area contributed by atoms with E-state index >= 15 is 0 Å². The number of halogens is 2. The van der Waals surface area contributed by atoms with Gasteiger partial charge in [0.2, 0.25) is 5.91 Å². The normalized spacial score (nSPS) is 23.9. The molecule has 0 aromatic heterocycles. The molecule has 1 aliphatic carbocycles. The van der Waals surface area contributed by atoms with Crippen LogP contribution in [0, 0.1) is 5.92 Å². The van der Waals surface area contributed by atoms with Gasteiger partial charge >= 0.3 is 0 Å². The minimum atomic E-state index is -0.236. The maximum absolute atomic E-state index is 10.9. The van der Waals surface area contributed by atoms with Crippen molar-refractivity contribution in [2.75, 3.05) is 0 Å². The van der Waals surface area contributed by atoms with Crippen LogP contribution in [-0.4, -0.2) is 5.91 Å². The third kappa shape index (κ3) is 2.33. The number of hydrogen-bond donors (Lipinski definition) is 1. The minimum Gasteiger partial charge on any atom is -0.370 e. The van der Waals surface area contributed by atoms with E-state index in [1.54, 1.807) is 6.07 Å². The highest BCUT2D eigenvalue weighted by atomic mass is 35.5. The molecular weight excluding hydrogens is 245 g/mol. The van der Waals surface area contributed by atoms with Crippen molar-refractivity contribution in [3.05, 3.63) is 33.8 Å². The minimum absolute atomic E-state index is 0.236. The number of hydrogen-bond acceptors (Lipinski definition) is 1. The van der Waals surface area contributed by atoms with Gasteiger partial charge in [0.1, 0.15) is 0 Å². The zero-order valence-electron chi connectivity index (χ0n) is 8.75. The molecule has 1 fully saturated rings. The summed E-state index contributed by atoms with van der Waals surface area (Å²) in [4.78, 5) is 10.9. The molecule has 0 bridgehead atoms. The van der Waals surface area contributed by atoms with Crippen molar-refractivity contribution < 1.29 is 4.79 Å². The molecule has 4 heteroatoms. The lowest BCUT2D eigenvalue weighted by molar-refractivity contribution is -0.119. The summed E-state index contributed by atoms with van der Waals surface area (Å²) in [6, 6.07) is 5.53. The number of amides is 1. The van der Waals surface area contributed by atoms with Crippen LogP contribution in [0.1, 0.15) is 30.7 Å². The number of carbonyl (C=O) groups is 1. The van der Waals surface area contributed by atoms with E-state index in [-0.39, 0.29) is 5.91 Å². The molecule has 0 heterocycles. The molecule has 1 aromatic carbocycles. The maximum Gasteiger partial charge on any atom is 0.217 e. The Hall–Kier alpha value is -0.730. The molecule has 1 aliphatic rings. The fraction of sp³-hybridized carbons (Fsp3) is 0.417. The summed E-state index contributed by atoms with van der Waals surface area (Å²) in [6.45, 7) is 0. The monoisotopic (exact) mass is 257 g/mol. The molecule has 2 N–H and O–H groups in total. The Balaban J connectivity index is 2.15. The summed E-state index contributed by atoms with van der Waals surface area (Å²) in [5.41, 5.74) is 6.30. The molecule has 0 saturated heterocycles. The van der Waals surface area contributed by atoms with Crippen LogP contribution in [0.2, 0.25) is 10.0 Å². The second-order valence-corrected chi connectivity index (χ2v) is 5.12. The molecule has 2 rings (SSSR count). The first kappa shape index (κ1) is 11.7. The van der Waals surface area contributed by atoms with Crippen molar-refractivity contribution >= 4 is 29.1 Å². The molecule has 86 valence electrons. The summed E-state index contributed by atoms with van der Waals surface area (Å²) < 4.78 is 0. The van der Waals surface area contributed by atoms with Crippen molar-refractivity contribution in [1.82, 2.24) is 0 Å². The van der Waals surface area contributed by atoms with E-state index in [4.69, 9.17) is 28.9 Å². The lowest BCUT2D eigenvalue weighted by Gasteiger charge is -2.36. The second-order valence-electron chi connectivity index (χ2n) is 4.28. The molecule has 0 radical (unpaired) electrons. The van der Waals surface area contributed by atoms with E-state index in [9.17, 15) is 4.79 Å². The summed E-state index contributed by atoms with van der Waals surface area (Å²) in [5.74, 6) is 0.466. The predicted octanol–water partition coefficient (Wildman–Crippen LogP) is 3.36. The van der Waals surface area contributed by atoms with Crippen molar-refractivity contribution in [1.29, 1.82) is 0 Å². The number of carbonyl (C=O) groups excluding carboxylic acids is 1. The number of rotatable bonds is 3. The van der Waals surface area contributed by atoms with Crippen LogP contribution in [0.25, 0.3) is 0 Å². The zero-order chi connectivity index (χ0) is 11.7. The molecule has 0 aliphatic heterocycles. The van der Waals surface area contributed by atoms with Crippen molar-refractivity contribution in [3.8, 4) is 0 Å². The molecular formula is C12H13Cl2NO. The van der Waals surface area contributed by atoms with Crippen LogP contribution < -0.4 is 5.73 Å². The lowest BCUT2D eigenvalue weighted by atomic mass is 9.68. The summed E-state index contributed by atoms with van der Waals surface area (Å²) in [7, 11) is 0. The highest BCUT2D eigenvalue weighted by Crippen LogP contribution is 2.46. The second kappa shape index (κ2) is 4.64. The molecule has 2 nitrogen and oxygen atoms in total. The van der Waals surface area contributed by atoms with Crippen molar-refractivity contribution in [2.24, 2.45) is 11.7 Å². The quantitative estimate of drug-likeness (QED) is 0.887. The number of nitrogens with two attached hydrogens (primary N) is 1. The van der Waals surface area contributed by atoms with Gasteiger partial charge in [-0.2, -0.15) is 0 Å². The summed E-state index contributed by atoms with van der Waals surface area (Å²) in [6.07, 6.45) is 2.56. The Morgan fingerprint density at radius 1 is 1.38 bits per heavy atom. The lowest BCUT2D eigenvalue weighted by Crippen LogP contribution is -2.29. The third-order valence-corrected chi connectivity index (χ3v) is 3.81. The van der Waals surface area contributed by atoms with Crippen LogP contribution >= 0.6 is 23.2 Å². The molecule has 2 atom stereocenters. The van der Waals surface area contributed by atoms with Gasteiger partial charge in [0.05, 0.1) is 0 Å². The average Bonchev–Trinajstić information content (AvgIpc) is 2.17. The molecule has 16 heavy (non-hydrogen) atoms. The Kier molecular flexibility index (Phi) is 3.41. The first-order valence-corrected chi connectivity index (χ1v) is 6.07. The van der Waals surface area contributed by atoms with Gasteiger partial charge in [-0.3, -0.25) is 4.79 Å². The molecule has 1 saturated carbocycles. The maximum atomic E-state index is 10.9. The van der Waals surface area contributed by atoms with E-state index in [2.05, 4.69) is 0 Å². The van der Waals surface area contributed by atoms with Gasteiger partial charge in [-0.1, -0.05) is 29.3 Å². The van der Waals surface area contributed by atoms with Crippen molar-refractivity contribution in [3.63, 3.8) is 0 Å². The Bertz CT molecular complexity index is 419. The largest absolute Gasteiger partial charge is 0.370 e. The Morgan fingerprint density at radius 3 is 2.62 bits per heavy atom.